The summed E-state index contributed by atoms with van der Waals surface area (Å²) in [6.45, 7) is 5.28. The number of imidazole rings is 1. The van der Waals surface area contributed by atoms with Crippen molar-refractivity contribution in [2.75, 3.05) is 5.32 Å². The van der Waals surface area contributed by atoms with Crippen LogP contribution in [-0.4, -0.2) is 25.1 Å². The molecule has 0 atom stereocenters. The van der Waals surface area contributed by atoms with Crippen LogP contribution < -0.4 is 10.1 Å². The van der Waals surface area contributed by atoms with Crippen LogP contribution in [0.1, 0.15) is 41.4 Å². The third-order valence-electron chi connectivity index (χ3n) is 4.81. The number of carbonyl (C=O) groups excluding carboxylic acids is 1. The van der Waals surface area contributed by atoms with E-state index in [2.05, 4.69) is 22.3 Å². The number of ether oxygens (including phenoxy) is 1. The van der Waals surface area contributed by atoms with Crippen molar-refractivity contribution in [1.82, 2.24) is 19.2 Å². The summed E-state index contributed by atoms with van der Waals surface area (Å²) in [6, 6.07) is 13.0. The van der Waals surface area contributed by atoms with Crippen molar-refractivity contribution in [3.05, 3.63) is 77.9 Å². The molecule has 7 heteroatoms. The van der Waals surface area contributed by atoms with Gasteiger partial charge in [-0.05, 0) is 43.2 Å². The number of pyridine rings is 1. The molecule has 0 fully saturated rings. The van der Waals surface area contributed by atoms with E-state index >= 15 is 0 Å². The number of hydrogen-bond donors (Lipinski definition) is 1. The molecule has 4 aromatic rings. The smallest absolute Gasteiger partial charge is 0.256 e. The number of anilines is 1. The topological polar surface area (TPSA) is 73.5 Å². The van der Waals surface area contributed by atoms with Gasteiger partial charge in [-0.2, -0.15) is 5.10 Å². The van der Waals surface area contributed by atoms with Gasteiger partial charge in [0.2, 0.25) is 0 Å². The molecule has 3 aromatic heterocycles. The lowest BCUT2D eigenvalue weighted by atomic mass is 10.2. The van der Waals surface area contributed by atoms with Crippen LogP contribution in [0.3, 0.4) is 0 Å². The second-order valence-electron chi connectivity index (χ2n) is 7.27. The molecule has 7 nitrogen and oxygen atoms in total. The fraction of sp³-hybridized carbons (Fsp3) is 0.261. The van der Waals surface area contributed by atoms with Gasteiger partial charge in [-0.25, -0.2) is 9.67 Å². The first-order valence-electron chi connectivity index (χ1n) is 10.1. The molecule has 0 aliphatic rings. The number of nitrogens with zero attached hydrogens (tertiary/aromatic N) is 4. The van der Waals surface area contributed by atoms with Gasteiger partial charge in [0.15, 0.2) is 0 Å². The Hall–Kier alpha value is -3.61. The zero-order valence-corrected chi connectivity index (χ0v) is 17.2. The van der Waals surface area contributed by atoms with Crippen molar-refractivity contribution in [3.63, 3.8) is 0 Å². The number of aromatic nitrogens is 4. The number of unbranched alkanes of at least 4 members (excludes halogenated alkanes) is 1. The first-order chi connectivity index (χ1) is 14.6. The molecule has 0 bridgehead atoms. The van der Waals surface area contributed by atoms with Crippen LogP contribution in [0.2, 0.25) is 0 Å². The summed E-state index contributed by atoms with van der Waals surface area (Å²) < 4.78 is 9.68. The molecule has 1 N–H and O–H groups in total. The van der Waals surface area contributed by atoms with Gasteiger partial charge in [0.25, 0.3) is 5.91 Å². The van der Waals surface area contributed by atoms with Gasteiger partial charge >= 0.3 is 0 Å². The molecule has 1 aromatic carbocycles. The van der Waals surface area contributed by atoms with E-state index in [9.17, 15) is 4.79 Å². The van der Waals surface area contributed by atoms with Gasteiger partial charge in [-0.15, -0.1) is 0 Å². The summed E-state index contributed by atoms with van der Waals surface area (Å²) in [6.07, 6.45) is 7.76. The molecule has 0 saturated carbocycles. The third-order valence-corrected chi connectivity index (χ3v) is 4.81. The Bertz CT molecular complexity index is 1160. The maximum absolute atomic E-state index is 12.7. The molecule has 30 heavy (non-hydrogen) atoms. The second kappa shape index (κ2) is 8.82. The lowest BCUT2D eigenvalue weighted by Gasteiger charge is -2.10. The van der Waals surface area contributed by atoms with Crippen molar-refractivity contribution in [2.24, 2.45) is 0 Å². The van der Waals surface area contributed by atoms with Crippen LogP contribution in [0, 0.1) is 6.92 Å². The van der Waals surface area contributed by atoms with E-state index in [1.54, 1.807) is 24.4 Å². The molecule has 0 aliphatic heterocycles. The maximum atomic E-state index is 12.7. The minimum atomic E-state index is -0.193. The van der Waals surface area contributed by atoms with E-state index < -0.39 is 0 Å². The highest BCUT2D eigenvalue weighted by Crippen LogP contribution is 2.17. The summed E-state index contributed by atoms with van der Waals surface area (Å²) >= 11 is 0. The standard InChI is InChI=1S/C23H25N5O2/c1-3-4-12-28-22(10-11-24-28)26-23(29)18-6-5-7-20(13-18)30-16-19-15-27-14-17(2)8-9-21(27)25-19/h5-11,13-15H,3-4,12,16H2,1-2H3,(H,26,29). The molecule has 0 unspecified atom stereocenters. The summed E-state index contributed by atoms with van der Waals surface area (Å²) in [5.41, 5.74) is 3.41. The number of hydrogen-bond acceptors (Lipinski definition) is 4. The van der Waals surface area contributed by atoms with Crippen molar-refractivity contribution in [1.29, 1.82) is 0 Å². The zero-order valence-electron chi connectivity index (χ0n) is 17.2. The molecule has 0 radical (unpaired) electrons. The Morgan fingerprint density at radius 3 is 2.93 bits per heavy atom. The Morgan fingerprint density at radius 1 is 1.17 bits per heavy atom. The molecule has 0 aliphatic carbocycles. The largest absolute Gasteiger partial charge is 0.487 e. The normalized spacial score (nSPS) is 11.0. The molecule has 3 heterocycles. The Morgan fingerprint density at radius 2 is 2.07 bits per heavy atom. The average Bonchev–Trinajstić information content (AvgIpc) is 3.36. The highest BCUT2D eigenvalue weighted by atomic mass is 16.5. The summed E-state index contributed by atoms with van der Waals surface area (Å²) in [7, 11) is 0. The van der Waals surface area contributed by atoms with E-state index in [-0.39, 0.29) is 5.91 Å². The van der Waals surface area contributed by atoms with Gasteiger partial charge in [-0.3, -0.25) is 4.79 Å². The van der Waals surface area contributed by atoms with Crippen LogP contribution in [0.5, 0.6) is 5.75 Å². The van der Waals surface area contributed by atoms with E-state index in [0.717, 1.165) is 30.7 Å². The lowest BCUT2D eigenvalue weighted by molar-refractivity contribution is 0.102. The van der Waals surface area contributed by atoms with Crippen LogP contribution in [-0.2, 0) is 13.2 Å². The van der Waals surface area contributed by atoms with Crippen LogP contribution >= 0.6 is 0 Å². The number of amides is 1. The quantitative estimate of drug-likeness (QED) is 0.471. The van der Waals surface area contributed by atoms with Crippen molar-refractivity contribution in [2.45, 2.75) is 39.8 Å². The predicted molar refractivity (Wildman–Crippen MR) is 116 cm³/mol. The zero-order chi connectivity index (χ0) is 20.9. The molecule has 4 rings (SSSR count). The summed E-state index contributed by atoms with van der Waals surface area (Å²) in [5, 5.41) is 7.20. The molecule has 0 saturated heterocycles. The van der Waals surface area contributed by atoms with Gasteiger partial charge in [0.1, 0.15) is 23.8 Å². The average molecular weight is 403 g/mol. The number of carbonyl (C=O) groups is 1. The third kappa shape index (κ3) is 4.51. The first-order valence-corrected chi connectivity index (χ1v) is 10.1. The van der Waals surface area contributed by atoms with E-state index in [0.29, 0.717) is 23.7 Å². The van der Waals surface area contributed by atoms with Gasteiger partial charge in [-0.1, -0.05) is 25.5 Å². The summed E-state index contributed by atoms with van der Waals surface area (Å²) in [4.78, 5) is 17.2. The monoisotopic (exact) mass is 403 g/mol. The minimum Gasteiger partial charge on any atom is -0.487 e. The first kappa shape index (κ1) is 19.7. The van der Waals surface area contributed by atoms with Gasteiger partial charge in [0, 0.05) is 30.6 Å². The van der Waals surface area contributed by atoms with Crippen molar-refractivity contribution >= 4 is 17.4 Å². The van der Waals surface area contributed by atoms with Crippen LogP contribution in [0.15, 0.2) is 61.1 Å². The fourth-order valence-electron chi connectivity index (χ4n) is 3.22. The minimum absolute atomic E-state index is 0.193. The fourth-order valence-corrected chi connectivity index (χ4v) is 3.22. The second-order valence-corrected chi connectivity index (χ2v) is 7.27. The number of rotatable bonds is 8. The van der Waals surface area contributed by atoms with Crippen LogP contribution in [0.25, 0.3) is 5.65 Å². The molecule has 154 valence electrons. The van der Waals surface area contributed by atoms with E-state index in [1.165, 1.54) is 5.56 Å². The number of aryl methyl sites for hydroxylation is 2. The van der Waals surface area contributed by atoms with E-state index in [1.807, 2.05) is 52.7 Å². The van der Waals surface area contributed by atoms with Crippen molar-refractivity contribution in [3.8, 4) is 5.75 Å². The Balaban J connectivity index is 1.41. The van der Waals surface area contributed by atoms with Crippen LogP contribution in [0.4, 0.5) is 5.82 Å². The number of fused-ring (bicyclic) bond motifs is 1. The predicted octanol–water partition coefficient (Wildman–Crippen LogP) is 4.47. The SMILES string of the molecule is CCCCn1nccc1NC(=O)c1cccc(OCc2cn3cc(C)ccc3n2)c1. The Labute approximate surface area is 175 Å². The summed E-state index contributed by atoms with van der Waals surface area (Å²) in [5.74, 6) is 1.12. The number of benzene rings is 1. The molecule has 1 amide bonds. The highest BCUT2D eigenvalue weighted by Gasteiger charge is 2.11. The van der Waals surface area contributed by atoms with Gasteiger partial charge < -0.3 is 14.5 Å². The Kier molecular flexibility index (Phi) is 5.79. The van der Waals surface area contributed by atoms with Gasteiger partial charge in [0.05, 0.1) is 11.9 Å². The molecular weight excluding hydrogens is 378 g/mol. The lowest BCUT2D eigenvalue weighted by Crippen LogP contribution is -2.16. The molecular formula is C23H25N5O2. The molecule has 0 spiro atoms. The highest BCUT2D eigenvalue weighted by molar-refractivity contribution is 6.04. The maximum Gasteiger partial charge on any atom is 0.256 e. The van der Waals surface area contributed by atoms with E-state index in [4.69, 9.17) is 4.74 Å². The number of nitrogens with one attached hydrogen (secondary N) is 1. The van der Waals surface area contributed by atoms with Crippen molar-refractivity contribution < 1.29 is 9.53 Å².